The van der Waals surface area contributed by atoms with E-state index >= 15 is 0 Å². The summed E-state index contributed by atoms with van der Waals surface area (Å²) in [6, 6.07) is 13.7. The van der Waals surface area contributed by atoms with Crippen molar-refractivity contribution in [1.29, 1.82) is 0 Å². The quantitative estimate of drug-likeness (QED) is 0.752. The van der Waals surface area contributed by atoms with Crippen LogP contribution in [0.4, 0.5) is 16.2 Å². The molecule has 0 bridgehead atoms. The summed E-state index contributed by atoms with van der Waals surface area (Å²) in [5, 5.41) is 5.74. The zero-order valence-corrected chi connectivity index (χ0v) is 15.0. The second kappa shape index (κ2) is 8.06. The van der Waals surface area contributed by atoms with E-state index in [1.54, 1.807) is 7.11 Å². The number of carbonyl (C=O) groups is 1. The summed E-state index contributed by atoms with van der Waals surface area (Å²) in [7, 11) is 1.59. The molecule has 1 fully saturated rings. The van der Waals surface area contributed by atoms with Gasteiger partial charge in [-0.3, -0.25) is 0 Å². The van der Waals surface area contributed by atoms with E-state index in [9.17, 15) is 4.79 Å². The number of carbonyl (C=O) groups excluding carboxylic acids is 1. The highest BCUT2D eigenvalue weighted by Gasteiger charge is 2.15. The molecule has 0 atom stereocenters. The molecule has 3 rings (SSSR count). The van der Waals surface area contributed by atoms with Gasteiger partial charge in [0.05, 0.1) is 12.8 Å². The van der Waals surface area contributed by atoms with Gasteiger partial charge in [0.15, 0.2) is 0 Å². The highest BCUT2D eigenvalue weighted by Crippen LogP contribution is 2.33. The van der Waals surface area contributed by atoms with Gasteiger partial charge in [-0.1, -0.05) is 37.5 Å². The van der Waals surface area contributed by atoms with Crippen LogP contribution in [0.2, 0.25) is 0 Å². The first-order valence-corrected chi connectivity index (χ1v) is 8.98. The molecule has 1 aliphatic carbocycles. The molecular formula is C21H26N2O2. The molecule has 2 N–H and O–H groups in total. The van der Waals surface area contributed by atoms with Crippen molar-refractivity contribution in [3.05, 3.63) is 53.6 Å². The molecule has 0 radical (unpaired) electrons. The van der Waals surface area contributed by atoms with Crippen molar-refractivity contribution >= 4 is 17.4 Å². The molecule has 2 amide bonds. The van der Waals surface area contributed by atoms with E-state index in [-0.39, 0.29) is 6.03 Å². The lowest BCUT2D eigenvalue weighted by Gasteiger charge is -2.22. The Labute approximate surface area is 149 Å². The van der Waals surface area contributed by atoms with E-state index < -0.39 is 0 Å². The number of hydrogen-bond donors (Lipinski definition) is 2. The summed E-state index contributed by atoms with van der Waals surface area (Å²) >= 11 is 0. The third kappa shape index (κ3) is 4.53. The van der Waals surface area contributed by atoms with Crippen molar-refractivity contribution in [2.45, 2.75) is 44.9 Å². The zero-order valence-electron chi connectivity index (χ0n) is 15.0. The van der Waals surface area contributed by atoms with Gasteiger partial charge in [-0.05, 0) is 61.1 Å². The first-order valence-electron chi connectivity index (χ1n) is 8.98. The summed E-state index contributed by atoms with van der Waals surface area (Å²) in [4.78, 5) is 12.3. The highest BCUT2D eigenvalue weighted by atomic mass is 16.5. The molecule has 4 nitrogen and oxygen atoms in total. The van der Waals surface area contributed by atoms with Gasteiger partial charge in [0.25, 0.3) is 0 Å². The predicted molar refractivity (Wildman–Crippen MR) is 103 cm³/mol. The number of ether oxygens (including phenoxy) is 1. The minimum Gasteiger partial charge on any atom is -0.495 e. The molecule has 2 aromatic rings. The largest absolute Gasteiger partial charge is 0.495 e. The average molecular weight is 338 g/mol. The van der Waals surface area contributed by atoms with E-state index in [1.165, 1.54) is 37.7 Å². The molecule has 132 valence electrons. The van der Waals surface area contributed by atoms with E-state index in [0.29, 0.717) is 17.4 Å². The summed E-state index contributed by atoms with van der Waals surface area (Å²) in [6.07, 6.45) is 6.57. The fraction of sp³-hybridized carbons (Fsp3) is 0.381. The van der Waals surface area contributed by atoms with Crippen LogP contribution in [0.3, 0.4) is 0 Å². The number of urea groups is 1. The van der Waals surface area contributed by atoms with Crippen molar-refractivity contribution in [3.63, 3.8) is 0 Å². The van der Waals surface area contributed by atoms with Crippen molar-refractivity contribution in [2.24, 2.45) is 0 Å². The number of amides is 2. The number of anilines is 2. The molecule has 0 heterocycles. The van der Waals surface area contributed by atoms with Crippen LogP contribution in [0.5, 0.6) is 5.75 Å². The van der Waals surface area contributed by atoms with Crippen LogP contribution < -0.4 is 15.4 Å². The number of rotatable bonds is 4. The summed E-state index contributed by atoms with van der Waals surface area (Å²) in [5.74, 6) is 1.32. The third-order valence-electron chi connectivity index (χ3n) is 4.85. The minimum absolute atomic E-state index is 0.269. The first kappa shape index (κ1) is 17.3. The molecule has 0 spiro atoms. The number of hydrogen-bond acceptors (Lipinski definition) is 2. The average Bonchev–Trinajstić information content (AvgIpc) is 2.63. The van der Waals surface area contributed by atoms with Crippen molar-refractivity contribution < 1.29 is 9.53 Å². The van der Waals surface area contributed by atoms with Gasteiger partial charge >= 0.3 is 6.03 Å². The molecule has 1 aliphatic rings. The SMILES string of the molecule is COc1ccc(C)cc1NC(=O)Nc1ccc(C2CCCCC2)cc1. The molecular weight excluding hydrogens is 312 g/mol. The molecule has 25 heavy (non-hydrogen) atoms. The monoisotopic (exact) mass is 338 g/mol. The van der Waals surface area contributed by atoms with Gasteiger partial charge < -0.3 is 15.4 Å². The second-order valence-electron chi connectivity index (χ2n) is 6.74. The van der Waals surface area contributed by atoms with Crippen molar-refractivity contribution in [2.75, 3.05) is 17.7 Å². The van der Waals surface area contributed by atoms with Crippen LogP contribution >= 0.6 is 0 Å². The Hall–Kier alpha value is -2.49. The Morgan fingerprint density at radius 3 is 2.40 bits per heavy atom. The number of methoxy groups -OCH3 is 1. The Balaban J connectivity index is 1.62. The lowest BCUT2D eigenvalue weighted by Crippen LogP contribution is -2.20. The topological polar surface area (TPSA) is 50.4 Å². The van der Waals surface area contributed by atoms with Crippen LogP contribution in [0.1, 0.15) is 49.1 Å². The van der Waals surface area contributed by atoms with Gasteiger partial charge in [0.2, 0.25) is 0 Å². The van der Waals surface area contributed by atoms with E-state index in [4.69, 9.17) is 4.74 Å². The predicted octanol–water partition coefficient (Wildman–Crippen LogP) is 5.70. The van der Waals surface area contributed by atoms with Crippen molar-refractivity contribution in [1.82, 2.24) is 0 Å². The Bertz CT molecular complexity index is 719. The molecule has 0 aliphatic heterocycles. The van der Waals surface area contributed by atoms with Crippen LogP contribution in [-0.2, 0) is 0 Å². The third-order valence-corrected chi connectivity index (χ3v) is 4.85. The molecule has 2 aromatic carbocycles. The van der Waals surface area contributed by atoms with Crippen LogP contribution in [0.25, 0.3) is 0 Å². The summed E-state index contributed by atoms with van der Waals surface area (Å²) < 4.78 is 5.29. The first-order chi connectivity index (χ1) is 12.2. The summed E-state index contributed by atoms with van der Waals surface area (Å²) in [6.45, 7) is 1.98. The maximum atomic E-state index is 12.3. The Morgan fingerprint density at radius 1 is 1.00 bits per heavy atom. The minimum atomic E-state index is -0.269. The lowest BCUT2D eigenvalue weighted by molar-refractivity contribution is 0.262. The van der Waals surface area contributed by atoms with Gasteiger partial charge in [0.1, 0.15) is 5.75 Å². The summed E-state index contributed by atoms with van der Waals surface area (Å²) in [5.41, 5.74) is 3.90. The standard InChI is InChI=1S/C21H26N2O2/c1-15-8-13-20(25-2)19(14-15)23-21(24)22-18-11-9-17(10-12-18)16-6-4-3-5-7-16/h8-14,16H,3-7H2,1-2H3,(H2,22,23,24). The maximum absolute atomic E-state index is 12.3. The van der Waals surface area contributed by atoms with E-state index in [0.717, 1.165) is 11.3 Å². The lowest BCUT2D eigenvalue weighted by atomic mass is 9.84. The van der Waals surface area contributed by atoms with Crippen LogP contribution in [-0.4, -0.2) is 13.1 Å². The van der Waals surface area contributed by atoms with Gasteiger partial charge in [0, 0.05) is 5.69 Å². The van der Waals surface area contributed by atoms with Gasteiger partial charge in [-0.25, -0.2) is 4.79 Å². The fourth-order valence-electron chi connectivity index (χ4n) is 3.48. The van der Waals surface area contributed by atoms with E-state index in [1.807, 2.05) is 37.3 Å². The molecule has 0 aromatic heterocycles. The van der Waals surface area contributed by atoms with Gasteiger partial charge in [-0.2, -0.15) is 0 Å². The maximum Gasteiger partial charge on any atom is 0.323 e. The normalized spacial score (nSPS) is 14.8. The number of aryl methyl sites for hydroxylation is 1. The number of nitrogens with one attached hydrogen (secondary N) is 2. The van der Waals surface area contributed by atoms with Crippen LogP contribution in [0.15, 0.2) is 42.5 Å². The molecule has 1 saturated carbocycles. The van der Waals surface area contributed by atoms with Crippen molar-refractivity contribution in [3.8, 4) is 5.75 Å². The molecule has 0 unspecified atom stereocenters. The van der Waals surface area contributed by atoms with E-state index in [2.05, 4.69) is 22.8 Å². The molecule has 0 saturated heterocycles. The number of benzene rings is 2. The van der Waals surface area contributed by atoms with Gasteiger partial charge in [-0.15, -0.1) is 0 Å². The highest BCUT2D eigenvalue weighted by molar-refractivity contribution is 6.00. The smallest absolute Gasteiger partial charge is 0.323 e. The Morgan fingerprint density at radius 2 is 1.72 bits per heavy atom. The fourth-order valence-corrected chi connectivity index (χ4v) is 3.48. The Kier molecular flexibility index (Phi) is 5.59. The second-order valence-corrected chi connectivity index (χ2v) is 6.74. The molecule has 4 heteroatoms. The zero-order chi connectivity index (χ0) is 17.6. The van der Waals surface area contributed by atoms with Crippen LogP contribution in [0, 0.1) is 6.92 Å².